The van der Waals surface area contributed by atoms with Crippen molar-refractivity contribution in [1.82, 2.24) is 29.0 Å². The molecule has 120 heavy (non-hydrogen) atoms. The molecule has 1 N–H and O–H groups in total. The number of rotatable bonds is 62. The normalized spacial score (nSPS) is 11.9. The molecule has 10 aromatic rings. The number of aromatic nitrogens is 6. The van der Waals surface area contributed by atoms with Gasteiger partial charge >= 0.3 is 12.8 Å². The van der Waals surface area contributed by atoms with Crippen molar-refractivity contribution in [3.8, 4) is 51.6 Å². The lowest BCUT2D eigenvalue weighted by molar-refractivity contribution is -0.134. The van der Waals surface area contributed by atoms with Gasteiger partial charge in [-0.25, -0.2) is 9.83 Å². The number of nitrogens with zero attached hydrogens (tertiary/aromatic N) is 8. The van der Waals surface area contributed by atoms with Crippen molar-refractivity contribution in [1.29, 1.82) is 5.26 Å². The van der Waals surface area contributed by atoms with Gasteiger partial charge in [0.05, 0.1) is 83.8 Å². The third-order valence-electron chi connectivity index (χ3n) is 22.7. The van der Waals surface area contributed by atoms with Gasteiger partial charge in [0.1, 0.15) is 46.3 Å². The van der Waals surface area contributed by atoms with Gasteiger partial charge in [-0.2, -0.15) is 17.0 Å². The van der Waals surface area contributed by atoms with Gasteiger partial charge in [-0.3, -0.25) is 24.5 Å². The van der Waals surface area contributed by atoms with Crippen LogP contribution in [-0.2, 0) is 21.4 Å². The summed E-state index contributed by atoms with van der Waals surface area (Å²) in [6.07, 6.45) is 52.0. The lowest BCUT2D eigenvalue weighted by Gasteiger charge is -2.22. The maximum Gasteiger partial charge on any atom is 0.327 e. The summed E-state index contributed by atoms with van der Waals surface area (Å²) >= 11 is 2.87. The van der Waals surface area contributed by atoms with Crippen molar-refractivity contribution in [2.75, 3.05) is 49.6 Å². The Morgan fingerprint density at radius 1 is 0.467 bits per heavy atom. The van der Waals surface area contributed by atoms with E-state index in [0.717, 1.165) is 82.8 Å². The Morgan fingerprint density at radius 2 is 0.842 bits per heavy atom. The van der Waals surface area contributed by atoms with Crippen molar-refractivity contribution in [2.24, 2.45) is 7.05 Å². The summed E-state index contributed by atoms with van der Waals surface area (Å²) in [4.78, 5) is 47.2. The standard InChI is InChI=1S/C101H129BN8O8S2/c1-5-7-9-11-13-15-17-19-21-23-25-27-29-31-33-35-37-45-65-115-83-57-53-79(54-58-83)98-95-96(100(109(98)4)87(73-103)92-74-105-90-71-85(61-63-88(90)107-92)118-68-48-70-120-78-114-77-111)99(80-55-59-84(60-56-80)116-66-46-38-36-34-32-30-28-26-24-22-20-18-16-14-12-10-8-6-2)110(102(81-49-41-39-42-50-81)82-51-43-40-44-52-82)101(95)97(104-3)93-75-106-91-72-86(62-64-89(91)108-93)117-67-47-69-119-76-94(112)113/h39-44,49-64,71-72,74-75,77H,5-38,45-48,65-70,76,78H2,1-2,4H3,(H,112,113)/b100-87-,101-97+. The average molecular weight is 1660 g/mol. The topological polar surface area (TPSA) is 190 Å². The van der Waals surface area contributed by atoms with Gasteiger partial charge in [-0.1, -0.05) is 304 Å². The average Bonchev–Trinajstić information content (AvgIpc) is 1.53. The molecule has 10 rings (SSSR count). The molecule has 0 bridgehead atoms. The minimum atomic E-state index is -0.844. The van der Waals surface area contributed by atoms with E-state index < -0.39 is 12.8 Å². The first-order chi connectivity index (χ1) is 59.2. The second-order valence-corrected chi connectivity index (χ2v) is 34.1. The molecule has 0 unspecified atom stereocenters. The molecule has 4 aromatic heterocycles. The van der Waals surface area contributed by atoms with Gasteiger partial charge in [0.25, 0.3) is 6.47 Å². The number of thioether (sulfide) groups is 2. The molecular formula is C101H129BN8O8S2. The van der Waals surface area contributed by atoms with E-state index >= 15 is 0 Å². The SMILES string of the molecule is [C-]#[N+]/C(c1cnc2cc(OCCCSCC(=O)O)ccc2n1)=c1\c2c(-c3ccc(OCCCCCCCCCCCCCCCCCCCC)cc3)n(C)/c(=C(/C#N)c3cnc4cc(OCCCSCOC=O)ccc4n3)c2c(-c2ccc(OCCCCCCCCCCCCCCCCCCCC)cc2)n1B(c1ccccc1)c1ccccc1. The van der Waals surface area contributed by atoms with Crippen LogP contribution in [0.3, 0.4) is 0 Å². The fraction of sp³-hybridized carbons (Fsp3) is 0.485. The first-order valence-corrected chi connectivity index (χ1v) is 47.6. The second-order valence-electron chi connectivity index (χ2n) is 32.0. The van der Waals surface area contributed by atoms with Crippen LogP contribution in [0.5, 0.6) is 23.0 Å². The van der Waals surface area contributed by atoms with Crippen LogP contribution in [0.2, 0.25) is 0 Å². The lowest BCUT2D eigenvalue weighted by atomic mass is 9.50. The highest BCUT2D eigenvalue weighted by Crippen LogP contribution is 2.38. The van der Waals surface area contributed by atoms with Crippen LogP contribution in [0.15, 0.2) is 158 Å². The van der Waals surface area contributed by atoms with E-state index in [1.807, 2.05) is 79.8 Å². The van der Waals surface area contributed by atoms with E-state index in [1.165, 1.54) is 229 Å². The molecule has 0 radical (unpaired) electrons. The zero-order valence-corrected chi connectivity index (χ0v) is 73.5. The minimum absolute atomic E-state index is 0.0363. The van der Waals surface area contributed by atoms with Crippen molar-refractivity contribution < 1.29 is 38.4 Å². The third kappa shape index (κ3) is 29.4. The molecule has 6 aromatic carbocycles. The van der Waals surface area contributed by atoms with Gasteiger partial charge in [0.2, 0.25) is 5.70 Å². The summed E-state index contributed by atoms with van der Waals surface area (Å²) in [5, 5.41) is 23.9. The second kappa shape index (κ2) is 54.0. The zero-order valence-electron chi connectivity index (χ0n) is 71.9. The zero-order chi connectivity index (χ0) is 83.8. The summed E-state index contributed by atoms with van der Waals surface area (Å²) in [7, 11) is 2.00. The molecule has 0 saturated heterocycles. The predicted molar refractivity (Wildman–Crippen MR) is 499 cm³/mol. The molecular weight excluding hydrogens is 1530 g/mol. The maximum absolute atomic E-state index is 12.2. The molecule has 0 aliphatic heterocycles. The van der Waals surface area contributed by atoms with Crippen molar-refractivity contribution in [2.45, 2.75) is 258 Å². The number of carboxylic acid groups (broad SMARTS) is 1. The summed E-state index contributed by atoms with van der Waals surface area (Å²) in [5.74, 6) is 3.60. The Bertz CT molecular complexity index is 4870. The first kappa shape index (κ1) is 92.7. The highest BCUT2D eigenvalue weighted by Gasteiger charge is 2.34. The van der Waals surface area contributed by atoms with Crippen LogP contribution < -0.4 is 40.6 Å². The van der Waals surface area contributed by atoms with Gasteiger partial charge in [-0.15, -0.1) is 11.8 Å². The van der Waals surface area contributed by atoms with Gasteiger partial charge in [0, 0.05) is 47.2 Å². The predicted octanol–water partition coefficient (Wildman–Crippen LogP) is 23.7. The minimum Gasteiger partial charge on any atom is -0.494 e. The molecule has 0 saturated carbocycles. The van der Waals surface area contributed by atoms with Gasteiger partial charge < -0.3 is 37.8 Å². The fourth-order valence-corrected chi connectivity index (χ4v) is 17.6. The van der Waals surface area contributed by atoms with Crippen molar-refractivity contribution in [3.63, 3.8) is 0 Å². The number of aliphatic carboxylic acids is 1. The number of unbranched alkanes of at least 4 members (excludes halogenated alkanes) is 34. The van der Waals surface area contributed by atoms with Crippen LogP contribution in [0.1, 0.15) is 269 Å². The Balaban J connectivity index is 1.02. The molecule has 0 aliphatic carbocycles. The molecule has 4 heterocycles. The van der Waals surface area contributed by atoms with E-state index in [2.05, 4.69) is 107 Å². The van der Waals surface area contributed by atoms with E-state index in [9.17, 15) is 26.5 Å². The highest BCUT2D eigenvalue weighted by atomic mass is 32.2. The Kier molecular flexibility index (Phi) is 41.7. The van der Waals surface area contributed by atoms with Crippen molar-refractivity contribution in [3.05, 3.63) is 191 Å². The summed E-state index contributed by atoms with van der Waals surface area (Å²) in [6, 6.07) is 51.2. The van der Waals surface area contributed by atoms with Crippen molar-refractivity contribution >= 4 is 97.8 Å². The number of hydrogen-bond acceptors (Lipinski definition) is 14. The Morgan fingerprint density at radius 3 is 1.26 bits per heavy atom. The third-order valence-corrected chi connectivity index (χ3v) is 24.6. The van der Waals surface area contributed by atoms with Crippen LogP contribution in [0.25, 0.3) is 71.5 Å². The number of benzene rings is 6. The molecule has 0 atom stereocenters. The number of fused-ring (bicyclic) bond motifs is 3. The fourth-order valence-electron chi connectivity index (χ4n) is 16.3. The van der Waals surface area contributed by atoms with Gasteiger partial charge in [0.15, 0.2) is 0 Å². The lowest BCUT2D eigenvalue weighted by Crippen LogP contribution is -2.53. The first-order valence-electron chi connectivity index (χ1n) is 45.3. The van der Waals surface area contributed by atoms with E-state index in [0.29, 0.717) is 111 Å². The van der Waals surface area contributed by atoms with Crippen LogP contribution >= 0.6 is 23.5 Å². The molecule has 0 amide bonds. The van der Waals surface area contributed by atoms with E-state index in [4.69, 9.17) is 43.6 Å². The van der Waals surface area contributed by atoms with Gasteiger partial charge in [-0.05, 0) is 121 Å². The van der Waals surface area contributed by atoms with Crippen LogP contribution in [0.4, 0.5) is 0 Å². The Labute approximate surface area is 723 Å². The molecule has 636 valence electrons. The van der Waals surface area contributed by atoms with E-state index in [-0.39, 0.29) is 23.0 Å². The monoisotopic (exact) mass is 1660 g/mol. The smallest absolute Gasteiger partial charge is 0.327 e. The largest absolute Gasteiger partial charge is 0.494 e. The number of nitriles is 1. The van der Waals surface area contributed by atoms with Crippen LogP contribution in [0, 0.1) is 17.9 Å². The molecule has 16 nitrogen and oxygen atoms in total. The van der Waals surface area contributed by atoms with E-state index in [1.54, 1.807) is 12.4 Å². The molecule has 19 heteroatoms. The Hall–Kier alpha value is -9.56. The molecule has 0 aliphatic rings. The molecule has 0 spiro atoms. The number of carbonyl (C=O) groups excluding carboxylic acids is 1. The maximum atomic E-state index is 12.2. The summed E-state index contributed by atoms with van der Waals surface area (Å²) < 4.78 is 34.8. The molecule has 0 fully saturated rings. The highest BCUT2D eigenvalue weighted by molar-refractivity contribution is 7.99. The van der Waals surface area contributed by atoms with Crippen LogP contribution in [-0.4, -0.2) is 103 Å². The number of carboxylic acids is 1. The number of hydrogen-bond donors (Lipinski definition) is 1. The number of ether oxygens (including phenoxy) is 5. The quantitative estimate of drug-likeness (QED) is 0.0124. The summed E-state index contributed by atoms with van der Waals surface area (Å²) in [6.45, 7) is 16.1. The summed E-state index contributed by atoms with van der Waals surface area (Å²) in [5.41, 5.74) is 8.50. The number of carbonyl (C=O) groups is 2.